The molecule has 0 saturated carbocycles. The van der Waals surface area contributed by atoms with Crippen LogP contribution in [-0.2, 0) is 9.47 Å². The highest BCUT2D eigenvalue weighted by Crippen LogP contribution is 2.19. The van der Waals surface area contributed by atoms with Gasteiger partial charge in [-0.15, -0.1) is 0 Å². The molecule has 0 amide bonds. The van der Waals surface area contributed by atoms with Crippen molar-refractivity contribution in [3.63, 3.8) is 0 Å². The molecule has 18 heavy (non-hydrogen) atoms. The van der Waals surface area contributed by atoms with Crippen LogP contribution in [0.1, 0.15) is 15.9 Å². The van der Waals surface area contributed by atoms with Gasteiger partial charge in [-0.25, -0.2) is 4.79 Å². The van der Waals surface area contributed by atoms with Crippen LogP contribution in [0.4, 0.5) is 0 Å². The first-order valence-electron chi connectivity index (χ1n) is 5.50. The first-order valence-corrected chi connectivity index (χ1v) is 5.50. The molecule has 4 nitrogen and oxygen atoms in total. The highest BCUT2D eigenvalue weighted by atomic mass is 16.5. The Labute approximate surface area is 106 Å². The summed E-state index contributed by atoms with van der Waals surface area (Å²) in [5, 5.41) is 8.63. The third-order valence-corrected chi connectivity index (χ3v) is 2.15. The van der Waals surface area contributed by atoms with Crippen LogP contribution in [0.5, 0.6) is 0 Å². The molecule has 0 fully saturated rings. The van der Waals surface area contributed by atoms with Gasteiger partial charge >= 0.3 is 5.97 Å². The number of aliphatic hydroxyl groups excluding tert-OH is 1. The first-order chi connectivity index (χ1) is 8.70. The van der Waals surface area contributed by atoms with Crippen LogP contribution >= 0.6 is 0 Å². The average Bonchev–Trinajstić information content (AvgIpc) is 2.42. The zero-order valence-electron chi connectivity index (χ0n) is 10.1. The van der Waals surface area contributed by atoms with E-state index >= 15 is 0 Å². The molecule has 1 aromatic carbocycles. The molecule has 0 radical (unpaired) electrons. The number of benzene rings is 1. The predicted octanol–water partition coefficient (Wildman–Crippen LogP) is 2.01. The summed E-state index contributed by atoms with van der Waals surface area (Å²) in [5.74, 6) is -0.130. The van der Waals surface area contributed by atoms with Gasteiger partial charge in [0.2, 0.25) is 0 Å². The summed E-state index contributed by atoms with van der Waals surface area (Å²) >= 11 is 0. The van der Waals surface area contributed by atoms with Crippen molar-refractivity contribution < 1.29 is 19.4 Å². The zero-order valence-corrected chi connectivity index (χ0v) is 10.1. The Bertz CT molecular complexity index is 437. The van der Waals surface area contributed by atoms with Crippen molar-refractivity contribution in [2.24, 2.45) is 0 Å². The van der Waals surface area contributed by atoms with E-state index in [1.54, 1.807) is 30.3 Å². The second-order valence-electron chi connectivity index (χ2n) is 3.43. The number of hydrogen-bond donors (Lipinski definition) is 1. The normalized spacial score (nSPS) is 9.61. The molecular formula is C14H16O4. The number of aliphatic hydroxyl groups is 1. The molecule has 0 aliphatic rings. The summed E-state index contributed by atoms with van der Waals surface area (Å²) in [6.07, 6.45) is 1.60. The molecule has 0 spiro atoms. The number of ether oxygens (including phenoxy) is 2. The molecular weight excluding hydrogens is 232 g/mol. The van der Waals surface area contributed by atoms with Crippen molar-refractivity contribution in [3.05, 3.63) is 54.6 Å². The van der Waals surface area contributed by atoms with Crippen LogP contribution in [0.25, 0.3) is 5.76 Å². The van der Waals surface area contributed by atoms with E-state index in [2.05, 4.69) is 13.2 Å². The van der Waals surface area contributed by atoms with Crippen molar-refractivity contribution in [3.8, 4) is 0 Å². The summed E-state index contributed by atoms with van der Waals surface area (Å²) in [6, 6.07) is 6.85. The minimum Gasteiger partial charge on any atom is -0.490 e. The molecule has 0 aliphatic heterocycles. The maximum absolute atomic E-state index is 11.8. The van der Waals surface area contributed by atoms with Gasteiger partial charge < -0.3 is 14.6 Å². The molecule has 0 saturated heterocycles. The first kappa shape index (κ1) is 14.0. The van der Waals surface area contributed by atoms with E-state index in [0.29, 0.717) is 23.5 Å². The van der Waals surface area contributed by atoms with Gasteiger partial charge in [-0.2, -0.15) is 0 Å². The molecule has 1 N–H and O–H groups in total. The Morgan fingerprint density at radius 3 is 2.56 bits per heavy atom. The van der Waals surface area contributed by atoms with Gasteiger partial charge in [0, 0.05) is 5.56 Å². The second kappa shape index (κ2) is 7.29. The molecule has 4 heteroatoms. The molecule has 1 rings (SSSR count). The molecule has 0 heterocycles. The standard InChI is InChI=1S/C14H16O4/c1-3-9-17-11(2)12-6-4-5-7-13(12)14(16)18-10-8-15/h3-7,15H,1-2,8-10H2. The van der Waals surface area contributed by atoms with Gasteiger partial charge in [-0.3, -0.25) is 0 Å². The highest BCUT2D eigenvalue weighted by Gasteiger charge is 2.14. The van der Waals surface area contributed by atoms with Crippen molar-refractivity contribution >= 4 is 11.7 Å². The van der Waals surface area contributed by atoms with Gasteiger partial charge in [0.05, 0.1) is 12.2 Å². The summed E-state index contributed by atoms with van der Waals surface area (Å²) in [6.45, 7) is 7.37. The molecule has 96 valence electrons. The lowest BCUT2D eigenvalue weighted by Gasteiger charge is -2.11. The largest absolute Gasteiger partial charge is 0.490 e. The highest BCUT2D eigenvalue weighted by molar-refractivity contribution is 5.94. The SMILES string of the molecule is C=CCOC(=C)c1ccccc1C(=O)OCCO. The van der Waals surface area contributed by atoms with Crippen molar-refractivity contribution in [2.45, 2.75) is 0 Å². The summed E-state index contributed by atoms with van der Waals surface area (Å²) < 4.78 is 10.2. The van der Waals surface area contributed by atoms with E-state index < -0.39 is 5.97 Å². The van der Waals surface area contributed by atoms with Gasteiger partial charge in [0.25, 0.3) is 0 Å². The van der Waals surface area contributed by atoms with Gasteiger partial charge in [0.1, 0.15) is 19.0 Å². The van der Waals surface area contributed by atoms with Crippen LogP contribution in [-0.4, -0.2) is 30.9 Å². The summed E-state index contributed by atoms with van der Waals surface area (Å²) in [5.41, 5.74) is 0.933. The maximum Gasteiger partial charge on any atom is 0.338 e. The van der Waals surface area contributed by atoms with Crippen LogP contribution in [0.3, 0.4) is 0 Å². The van der Waals surface area contributed by atoms with Crippen molar-refractivity contribution in [1.29, 1.82) is 0 Å². The molecule has 0 atom stereocenters. The Hall–Kier alpha value is -2.07. The molecule has 0 aromatic heterocycles. The predicted molar refractivity (Wildman–Crippen MR) is 69.0 cm³/mol. The Balaban J connectivity index is 2.88. The molecule has 0 aliphatic carbocycles. The third-order valence-electron chi connectivity index (χ3n) is 2.15. The minimum absolute atomic E-state index is 0.0346. The van der Waals surface area contributed by atoms with Gasteiger partial charge in [-0.1, -0.05) is 37.4 Å². The van der Waals surface area contributed by atoms with E-state index in [1.807, 2.05) is 0 Å². The molecule has 0 unspecified atom stereocenters. The third kappa shape index (κ3) is 3.75. The summed E-state index contributed by atoms with van der Waals surface area (Å²) in [4.78, 5) is 11.8. The number of rotatable bonds is 7. The number of esters is 1. The smallest absolute Gasteiger partial charge is 0.338 e. The summed E-state index contributed by atoms with van der Waals surface area (Å²) in [7, 11) is 0. The fourth-order valence-electron chi connectivity index (χ4n) is 1.36. The lowest BCUT2D eigenvalue weighted by molar-refractivity contribution is 0.0433. The van der Waals surface area contributed by atoms with E-state index in [-0.39, 0.29) is 13.2 Å². The fourth-order valence-corrected chi connectivity index (χ4v) is 1.36. The van der Waals surface area contributed by atoms with E-state index in [0.717, 1.165) is 0 Å². The zero-order chi connectivity index (χ0) is 13.4. The minimum atomic E-state index is -0.511. The van der Waals surface area contributed by atoms with E-state index in [4.69, 9.17) is 14.6 Å². The monoisotopic (exact) mass is 248 g/mol. The van der Waals surface area contributed by atoms with E-state index in [9.17, 15) is 4.79 Å². The maximum atomic E-state index is 11.8. The van der Waals surface area contributed by atoms with Crippen LogP contribution in [0, 0.1) is 0 Å². The Morgan fingerprint density at radius 2 is 1.94 bits per heavy atom. The second-order valence-corrected chi connectivity index (χ2v) is 3.43. The quantitative estimate of drug-likeness (QED) is 0.455. The van der Waals surface area contributed by atoms with E-state index in [1.165, 1.54) is 0 Å². The number of carbonyl (C=O) groups excluding carboxylic acids is 1. The van der Waals surface area contributed by atoms with Crippen LogP contribution < -0.4 is 0 Å². The van der Waals surface area contributed by atoms with Gasteiger partial charge in [-0.05, 0) is 6.07 Å². The van der Waals surface area contributed by atoms with Crippen LogP contribution in [0.15, 0.2) is 43.5 Å². The fraction of sp³-hybridized carbons (Fsp3) is 0.214. The van der Waals surface area contributed by atoms with Gasteiger partial charge in [0.15, 0.2) is 0 Å². The van der Waals surface area contributed by atoms with Crippen molar-refractivity contribution in [1.82, 2.24) is 0 Å². The number of carbonyl (C=O) groups is 1. The van der Waals surface area contributed by atoms with Crippen molar-refractivity contribution in [2.75, 3.05) is 19.8 Å². The average molecular weight is 248 g/mol. The molecule has 0 bridgehead atoms. The Kier molecular flexibility index (Phi) is 5.67. The molecule has 1 aromatic rings. The number of hydrogen-bond acceptors (Lipinski definition) is 4. The Morgan fingerprint density at radius 1 is 1.28 bits per heavy atom. The lowest BCUT2D eigenvalue weighted by Crippen LogP contribution is -2.11. The van der Waals surface area contributed by atoms with Crippen LogP contribution in [0.2, 0.25) is 0 Å². The lowest BCUT2D eigenvalue weighted by atomic mass is 10.1. The topological polar surface area (TPSA) is 55.8 Å².